The molecule has 0 saturated carbocycles. The summed E-state index contributed by atoms with van der Waals surface area (Å²) in [6.45, 7) is 2.62. The molecule has 27 heavy (non-hydrogen) atoms. The third kappa shape index (κ3) is 4.99. The summed E-state index contributed by atoms with van der Waals surface area (Å²) in [5.74, 6) is -0.246. The lowest BCUT2D eigenvalue weighted by atomic mass is 10.2. The van der Waals surface area contributed by atoms with E-state index in [2.05, 4.69) is 26.2 Å². The minimum atomic E-state index is -0.457. The molecule has 2 aromatic carbocycles. The molecule has 0 bridgehead atoms. The summed E-state index contributed by atoms with van der Waals surface area (Å²) in [6, 6.07) is 16.9. The molecule has 1 atom stereocenters. The van der Waals surface area contributed by atoms with Crippen molar-refractivity contribution in [3.05, 3.63) is 59.1 Å². The second-order valence-electron chi connectivity index (χ2n) is 6.06. The van der Waals surface area contributed by atoms with E-state index in [9.17, 15) is 9.59 Å². The molecule has 1 saturated heterocycles. The maximum absolute atomic E-state index is 12.8. The highest BCUT2D eigenvalue weighted by molar-refractivity contribution is 9.10. The fourth-order valence-corrected chi connectivity index (χ4v) is 4.27. The average Bonchev–Trinajstić information content (AvgIpc) is 2.93. The molecule has 1 heterocycles. The Morgan fingerprint density at radius 1 is 1.19 bits per heavy atom. The zero-order valence-corrected chi connectivity index (χ0v) is 17.3. The first-order valence-electron chi connectivity index (χ1n) is 8.74. The van der Waals surface area contributed by atoms with Gasteiger partial charge in [-0.3, -0.25) is 14.5 Å². The van der Waals surface area contributed by atoms with Gasteiger partial charge in [-0.05, 0) is 46.6 Å². The van der Waals surface area contributed by atoms with Gasteiger partial charge in [0.1, 0.15) is 5.25 Å². The van der Waals surface area contributed by atoms with E-state index in [0.29, 0.717) is 17.4 Å². The van der Waals surface area contributed by atoms with Crippen LogP contribution in [0.2, 0.25) is 0 Å². The Morgan fingerprint density at radius 2 is 1.89 bits per heavy atom. The number of amidine groups is 1. The lowest BCUT2D eigenvalue weighted by Gasteiger charge is -2.15. The second kappa shape index (κ2) is 9.19. The number of rotatable bonds is 6. The van der Waals surface area contributed by atoms with Crippen LogP contribution in [0.25, 0.3) is 0 Å². The van der Waals surface area contributed by atoms with Crippen molar-refractivity contribution in [2.45, 2.75) is 25.0 Å². The topological polar surface area (TPSA) is 61.8 Å². The van der Waals surface area contributed by atoms with Crippen molar-refractivity contribution in [1.82, 2.24) is 4.90 Å². The van der Waals surface area contributed by atoms with Crippen molar-refractivity contribution in [3.8, 4) is 0 Å². The highest BCUT2D eigenvalue weighted by Gasteiger charge is 2.38. The first kappa shape index (κ1) is 19.6. The smallest absolute Gasteiger partial charge is 0.242 e. The molecular weight excluding hydrogens is 426 g/mol. The number of anilines is 1. The molecule has 1 aliphatic rings. The Bertz CT molecular complexity index is 857. The van der Waals surface area contributed by atoms with Crippen molar-refractivity contribution in [2.24, 2.45) is 4.99 Å². The van der Waals surface area contributed by atoms with Crippen molar-refractivity contribution in [2.75, 3.05) is 11.9 Å². The summed E-state index contributed by atoms with van der Waals surface area (Å²) in [7, 11) is 0. The quantitative estimate of drug-likeness (QED) is 0.692. The van der Waals surface area contributed by atoms with E-state index in [0.717, 1.165) is 16.6 Å². The van der Waals surface area contributed by atoms with E-state index < -0.39 is 5.25 Å². The van der Waals surface area contributed by atoms with Crippen molar-refractivity contribution in [1.29, 1.82) is 0 Å². The van der Waals surface area contributed by atoms with Crippen molar-refractivity contribution in [3.63, 3.8) is 0 Å². The Labute approximate surface area is 171 Å². The number of benzene rings is 2. The fourth-order valence-electron chi connectivity index (χ4n) is 2.70. The summed E-state index contributed by atoms with van der Waals surface area (Å²) in [6.07, 6.45) is 0.939. The second-order valence-corrected chi connectivity index (χ2v) is 8.08. The van der Waals surface area contributed by atoms with Crippen LogP contribution in [0, 0.1) is 0 Å². The van der Waals surface area contributed by atoms with E-state index in [1.165, 1.54) is 11.8 Å². The van der Waals surface area contributed by atoms with Gasteiger partial charge in [0, 0.05) is 17.4 Å². The number of thioether (sulfide) groups is 1. The summed E-state index contributed by atoms with van der Waals surface area (Å²) in [5, 5.41) is 3.06. The molecule has 1 aliphatic heterocycles. The van der Waals surface area contributed by atoms with Gasteiger partial charge in [-0.2, -0.15) is 0 Å². The molecular formula is C20H20BrN3O2S. The fraction of sp³-hybridized carbons (Fsp3) is 0.250. The number of nitrogens with zero attached hydrogens (tertiary/aromatic N) is 2. The van der Waals surface area contributed by atoms with Crippen LogP contribution < -0.4 is 5.32 Å². The lowest BCUT2D eigenvalue weighted by molar-refractivity contribution is -0.128. The Balaban J connectivity index is 1.72. The highest BCUT2D eigenvalue weighted by Crippen LogP contribution is 2.32. The molecule has 2 aromatic rings. The molecule has 1 fully saturated rings. The van der Waals surface area contributed by atoms with Gasteiger partial charge in [-0.1, -0.05) is 49.0 Å². The number of hydrogen-bond donors (Lipinski definition) is 1. The number of carbonyl (C=O) groups excluding carboxylic acids is 2. The van der Waals surface area contributed by atoms with Gasteiger partial charge >= 0.3 is 0 Å². The number of amides is 2. The van der Waals surface area contributed by atoms with Gasteiger partial charge in [0.25, 0.3) is 0 Å². The van der Waals surface area contributed by atoms with Gasteiger partial charge in [-0.15, -0.1) is 0 Å². The number of para-hydroxylation sites is 2. The molecule has 140 valence electrons. The normalized spacial score (nSPS) is 18.1. The zero-order valence-electron chi connectivity index (χ0n) is 14.9. The van der Waals surface area contributed by atoms with E-state index in [1.807, 2.05) is 61.5 Å². The van der Waals surface area contributed by atoms with E-state index in [-0.39, 0.29) is 18.2 Å². The third-order valence-corrected chi connectivity index (χ3v) is 5.83. The first-order valence-corrected chi connectivity index (χ1v) is 10.4. The average molecular weight is 446 g/mol. The number of carbonyl (C=O) groups is 2. The van der Waals surface area contributed by atoms with Gasteiger partial charge in [0.2, 0.25) is 11.8 Å². The minimum Gasteiger partial charge on any atom is -0.325 e. The molecule has 1 N–H and O–H groups in total. The Morgan fingerprint density at radius 3 is 2.59 bits per heavy atom. The molecule has 1 unspecified atom stereocenters. The number of aliphatic imine (C=N–C) groups is 1. The first-order chi connectivity index (χ1) is 13.1. The number of nitrogens with one attached hydrogen (secondary N) is 1. The van der Waals surface area contributed by atoms with E-state index in [1.54, 1.807) is 4.90 Å². The highest BCUT2D eigenvalue weighted by atomic mass is 79.9. The van der Waals surface area contributed by atoms with E-state index >= 15 is 0 Å². The molecule has 0 aliphatic carbocycles. The monoisotopic (exact) mass is 445 g/mol. The standard InChI is InChI=1S/C20H20BrN3O2S/c1-2-12-24-19(26)17(27-20(24)22-14-8-4-3-5-9-14)13-18(25)23-16-11-7-6-10-15(16)21/h3-11,17H,2,12-13H2,1H3,(H,23,25). The molecule has 0 spiro atoms. The molecule has 0 aromatic heterocycles. The lowest BCUT2D eigenvalue weighted by Crippen LogP contribution is -2.34. The number of hydrogen-bond acceptors (Lipinski definition) is 4. The van der Waals surface area contributed by atoms with Crippen LogP contribution in [0.5, 0.6) is 0 Å². The maximum atomic E-state index is 12.8. The maximum Gasteiger partial charge on any atom is 0.242 e. The van der Waals surface area contributed by atoms with Gasteiger partial charge in [-0.25, -0.2) is 4.99 Å². The SMILES string of the molecule is CCCN1C(=O)C(CC(=O)Nc2ccccc2Br)SC1=Nc1ccccc1. The van der Waals surface area contributed by atoms with E-state index in [4.69, 9.17) is 0 Å². The van der Waals surface area contributed by atoms with Crippen LogP contribution in [-0.2, 0) is 9.59 Å². The summed E-state index contributed by atoms with van der Waals surface area (Å²) >= 11 is 4.77. The molecule has 7 heteroatoms. The van der Waals surface area contributed by atoms with Crippen LogP contribution >= 0.6 is 27.7 Å². The molecule has 3 rings (SSSR count). The largest absolute Gasteiger partial charge is 0.325 e. The van der Waals surface area contributed by atoms with Crippen LogP contribution in [0.1, 0.15) is 19.8 Å². The molecule has 0 radical (unpaired) electrons. The van der Waals surface area contributed by atoms with Crippen molar-refractivity contribution >= 4 is 56.0 Å². The summed E-state index contributed by atoms with van der Waals surface area (Å²) in [5.41, 5.74) is 1.49. The predicted molar refractivity (Wildman–Crippen MR) is 114 cm³/mol. The van der Waals surface area contributed by atoms with Crippen LogP contribution in [0.15, 0.2) is 64.1 Å². The predicted octanol–water partition coefficient (Wildman–Crippen LogP) is 4.82. The van der Waals surface area contributed by atoms with Crippen LogP contribution in [0.4, 0.5) is 11.4 Å². The Kier molecular flexibility index (Phi) is 6.68. The van der Waals surface area contributed by atoms with Gasteiger partial charge < -0.3 is 5.32 Å². The van der Waals surface area contributed by atoms with Crippen molar-refractivity contribution < 1.29 is 9.59 Å². The van der Waals surface area contributed by atoms with Gasteiger partial charge in [0.15, 0.2) is 5.17 Å². The minimum absolute atomic E-state index is 0.0567. The van der Waals surface area contributed by atoms with Crippen LogP contribution in [-0.4, -0.2) is 33.7 Å². The number of halogens is 1. The zero-order chi connectivity index (χ0) is 19.2. The Hall–Kier alpha value is -2.12. The third-order valence-electron chi connectivity index (χ3n) is 3.97. The summed E-state index contributed by atoms with van der Waals surface area (Å²) in [4.78, 5) is 31.5. The molecule has 2 amide bonds. The van der Waals surface area contributed by atoms with Gasteiger partial charge in [0.05, 0.1) is 11.4 Å². The van der Waals surface area contributed by atoms with Crippen LogP contribution in [0.3, 0.4) is 0 Å². The summed E-state index contributed by atoms with van der Waals surface area (Å²) < 4.78 is 0.808. The molecule has 5 nitrogen and oxygen atoms in total.